The molecule has 19 heavy (non-hydrogen) atoms. The quantitative estimate of drug-likeness (QED) is 0.704. The van der Waals surface area contributed by atoms with E-state index in [1.165, 1.54) is 0 Å². The second kappa shape index (κ2) is 6.33. The topological polar surface area (TPSA) is 84.2 Å². The second-order valence-electron chi connectivity index (χ2n) is 5.09. The van der Waals surface area contributed by atoms with Gasteiger partial charge in [0.05, 0.1) is 5.41 Å². The van der Waals surface area contributed by atoms with Gasteiger partial charge in [-0.3, -0.25) is 9.59 Å². The van der Waals surface area contributed by atoms with Crippen LogP contribution in [0.4, 0.5) is 0 Å². The van der Waals surface area contributed by atoms with Crippen LogP contribution in [0.2, 0.25) is 0 Å². The van der Waals surface area contributed by atoms with Gasteiger partial charge in [-0.05, 0) is 25.5 Å². The van der Waals surface area contributed by atoms with E-state index in [-0.39, 0.29) is 5.91 Å². The van der Waals surface area contributed by atoms with Crippen LogP contribution < -0.4 is 16.4 Å². The maximum absolute atomic E-state index is 11.6. The first-order valence-corrected chi connectivity index (χ1v) is 6.19. The minimum atomic E-state index is -0.504. The molecule has 0 aliphatic carbocycles. The van der Waals surface area contributed by atoms with E-state index in [9.17, 15) is 9.59 Å². The van der Waals surface area contributed by atoms with Crippen LogP contribution in [-0.2, 0) is 11.3 Å². The van der Waals surface area contributed by atoms with Crippen molar-refractivity contribution in [3.05, 3.63) is 35.4 Å². The van der Waals surface area contributed by atoms with Gasteiger partial charge in [0, 0.05) is 25.7 Å². The summed E-state index contributed by atoms with van der Waals surface area (Å²) in [5.74, 6) is -0.467. The number of benzene rings is 1. The third-order valence-corrected chi connectivity index (χ3v) is 3.01. The maximum Gasteiger partial charge on any atom is 0.249 e. The Morgan fingerprint density at radius 3 is 2.47 bits per heavy atom. The van der Waals surface area contributed by atoms with Crippen LogP contribution in [0.5, 0.6) is 0 Å². The Morgan fingerprint density at radius 2 is 1.89 bits per heavy atom. The predicted molar refractivity (Wildman–Crippen MR) is 74.5 cm³/mol. The lowest BCUT2D eigenvalue weighted by molar-refractivity contribution is -0.128. The number of hydrogen-bond donors (Lipinski definition) is 3. The van der Waals surface area contributed by atoms with Gasteiger partial charge in [-0.1, -0.05) is 18.2 Å². The Balaban J connectivity index is 2.64. The molecule has 1 rings (SSSR count). The lowest BCUT2D eigenvalue weighted by atomic mass is 9.92. The van der Waals surface area contributed by atoms with Crippen molar-refractivity contribution in [1.82, 2.24) is 10.6 Å². The van der Waals surface area contributed by atoms with E-state index in [4.69, 9.17) is 5.73 Å². The normalized spacial score (nSPS) is 11.1. The molecule has 0 saturated heterocycles. The molecule has 0 aromatic heterocycles. The molecule has 0 fully saturated rings. The Kier molecular flexibility index (Phi) is 5.06. The highest BCUT2D eigenvalue weighted by Gasteiger charge is 2.25. The van der Waals surface area contributed by atoms with Gasteiger partial charge in [-0.2, -0.15) is 0 Å². The zero-order chi connectivity index (χ0) is 14.5. The zero-order valence-electron chi connectivity index (χ0n) is 11.6. The minimum absolute atomic E-state index is 0.0248. The zero-order valence-corrected chi connectivity index (χ0v) is 11.6. The average molecular weight is 263 g/mol. The molecule has 0 saturated carbocycles. The van der Waals surface area contributed by atoms with E-state index in [0.717, 1.165) is 5.56 Å². The summed E-state index contributed by atoms with van der Waals surface area (Å²) in [5, 5.41) is 5.81. The molecule has 0 radical (unpaired) electrons. The van der Waals surface area contributed by atoms with E-state index < -0.39 is 11.3 Å². The molecule has 0 spiro atoms. The molecule has 0 aliphatic heterocycles. The highest BCUT2D eigenvalue weighted by atomic mass is 16.2. The Hall–Kier alpha value is -1.88. The lowest BCUT2D eigenvalue weighted by Crippen LogP contribution is -2.42. The fourth-order valence-corrected chi connectivity index (χ4v) is 1.84. The SMILES string of the molecule is CNC(=O)C(C)(C)CNCc1ccccc1C(N)=O. The number of carbonyl (C=O) groups is 2. The van der Waals surface area contributed by atoms with Crippen LogP contribution in [0, 0.1) is 5.41 Å². The Labute approximate surface area is 113 Å². The van der Waals surface area contributed by atoms with Gasteiger partial charge in [0.1, 0.15) is 0 Å². The van der Waals surface area contributed by atoms with Crippen LogP contribution in [0.3, 0.4) is 0 Å². The molecule has 0 bridgehead atoms. The average Bonchev–Trinajstić information content (AvgIpc) is 2.37. The molecule has 104 valence electrons. The summed E-state index contributed by atoms with van der Waals surface area (Å²) in [6.07, 6.45) is 0. The number of carbonyl (C=O) groups excluding carboxylic acids is 2. The van der Waals surface area contributed by atoms with E-state index in [1.54, 1.807) is 19.2 Å². The smallest absolute Gasteiger partial charge is 0.249 e. The van der Waals surface area contributed by atoms with E-state index in [2.05, 4.69) is 10.6 Å². The van der Waals surface area contributed by atoms with Gasteiger partial charge in [0.25, 0.3) is 0 Å². The molecule has 2 amide bonds. The highest BCUT2D eigenvalue weighted by Crippen LogP contribution is 2.14. The molecular weight excluding hydrogens is 242 g/mol. The van der Waals surface area contributed by atoms with Gasteiger partial charge in [0.15, 0.2) is 0 Å². The Morgan fingerprint density at radius 1 is 1.26 bits per heavy atom. The molecule has 4 N–H and O–H groups in total. The van der Waals surface area contributed by atoms with Gasteiger partial charge >= 0.3 is 0 Å². The number of primary amides is 1. The van der Waals surface area contributed by atoms with Crippen LogP contribution in [0.15, 0.2) is 24.3 Å². The molecular formula is C14H21N3O2. The van der Waals surface area contributed by atoms with E-state index >= 15 is 0 Å². The second-order valence-corrected chi connectivity index (χ2v) is 5.09. The van der Waals surface area contributed by atoms with E-state index in [0.29, 0.717) is 18.7 Å². The van der Waals surface area contributed by atoms with Crippen molar-refractivity contribution in [3.63, 3.8) is 0 Å². The largest absolute Gasteiger partial charge is 0.366 e. The van der Waals surface area contributed by atoms with Crippen LogP contribution >= 0.6 is 0 Å². The van der Waals surface area contributed by atoms with Crippen molar-refractivity contribution in [3.8, 4) is 0 Å². The van der Waals surface area contributed by atoms with Gasteiger partial charge in [0.2, 0.25) is 11.8 Å². The standard InChI is InChI=1S/C14H21N3O2/c1-14(2,13(19)16-3)9-17-8-10-6-4-5-7-11(10)12(15)18/h4-7,17H,8-9H2,1-3H3,(H2,15,18)(H,16,19). The maximum atomic E-state index is 11.6. The fraction of sp³-hybridized carbons (Fsp3) is 0.429. The molecule has 0 unspecified atom stereocenters. The Bertz CT molecular complexity index is 470. The molecule has 0 heterocycles. The molecule has 5 heteroatoms. The summed E-state index contributed by atoms with van der Waals surface area (Å²) < 4.78 is 0. The number of hydrogen-bond acceptors (Lipinski definition) is 3. The van der Waals surface area contributed by atoms with Crippen LogP contribution in [0.25, 0.3) is 0 Å². The summed E-state index contributed by atoms with van der Waals surface area (Å²) in [5.41, 5.74) is 6.15. The van der Waals surface area contributed by atoms with Crippen molar-refractivity contribution in [2.75, 3.05) is 13.6 Å². The van der Waals surface area contributed by atoms with Gasteiger partial charge < -0.3 is 16.4 Å². The molecule has 5 nitrogen and oxygen atoms in total. The third-order valence-electron chi connectivity index (χ3n) is 3.01. The van der Waals surface area contributed by atoms with Crippen LogP contribution in [-0.4, -0.2) is 25.4 Å². The number of rotatable bonds is 6. The fourth-order valence-electron chi connectivity index (χ4n) is 1.84. The summed E-state index contributed by atoms with van der Waals surface area (Å²) in [6, 6.07) is 7.18. The number of nitrogens with two attached hydrogens (primary N) is 1. The van der Waals surface area contributed by atoms with Crippen molar-refractivity contribution in [2.24, 2.45) is 11.1 Å². The molecule has 1 aromatic carbocycles. The summed E-state index contributed by atoms with van der Waals surface area (Å²) in [7, 11) is 1.62. The van der Waals surface area contributed by atoms with Crippen molar-refractivity contribution in [2.45, 2.75) is 20.4 Å². The monoisotopic (exact) mass is 263 g/mol. The summed E-state index contributed by atoms with van der Waals surface area (Å²) in [4.78, 5) is 22.9. The van der Waals surface area contributed by atoms with Crippen molar-refractivity contribution in [1.29, 1.82) is 0 Å². The van der Waals surface area contributed by atoms with E-state index in [1.807, 2.05) is 26.0 Å². The van der Waals surface area contributed by atoms with Gasteiger partial charge in [-0.15, -0.1) is 0 Å². The predicted octanol–water partition coefficient (Wildman–Crippen LogP) is 0.647. The minimum Gasteiger partial charge on any atom is -0.366 e. The molecule has 0 atom stereocenters. The van der Waals surface area contributed by atoms with Crippen LogP contribution in [0.1, 0.15) is 29.8 Å². The number of amides is 2. The first-order valence-electron chi connectivity index (χ1n) is 6.19. The molecule has 0 aliphatic rings. The first-order chi connectivity index (χ1) is 8.88. The third kappa shape index (κ3) is 4.06. The highest BCUT2D eigenvalue weighted by molar-refractivity contribution is 5.94. The summed E-state index contributed by atoms with van der Waals surface area (Å²) in [6.45, 7) is 4.73. The summed E-state index contributed by atoms with van der Waals surface area (Å²) >= 11 is 0. The lowest BCUT2D eigenvalue weighted by Gasteiger charge is -2.23. The first kappa shape index (κ1) is 15.2. The van der Waals surface area contributed by atoms with Gasteiger partial charge in [-0.25, -0.2) is 0 Å². The number of nitrogens with one attached hydrogen (secondary N) is 2. The van der Waals surface area contributed by atoms with Crippen molar-refractivity contribution < 1.29 is 9.59 Å². The van der Waals surface area contributed by atoms with Crippen molar-refractivity contribution >= 4 is 11.8 Å². The molecule has 1 aromatic rings.